The van der Waals surface area contributed by atoms with Gasteiger partial charge in [-0.2, -0.15) is 0 Å². The summed E-state index contributed by atoms with van der Waals surface area (Å²) < 4.78 is 6.38. The molecule has 0 spiro atoms. The van der Waals surface area contributed by atoms with E-state index in [0.717, 1.165) is 5.56 Å². The molecule has 0 bridgehead atoms. The van der Waals surface area contributed by atoms with Crippen LogP contribution in [0, 0.1) is 4.77 Å². The third-order valence-corrected chi connectivity index (χ3v) is 4.38. The number of methoxy groups -OCH3 is 1. The second-order valence-corrected chi connectivity index (χ2v) is 5.96. The highest BCUT2D eigenvalue weighted by molar-refractivity contribution is 7.71. The lowest BCUT2D eigenvalue weighted by atomic mass is 10.1. The molecule has 0 saturated heterocycles. The van der Waals surface area contributed by atoms with Gasteiger partial charge in [0.25, 0.3) is 5.56 Å². The van der Waals surface area contributed by atoms with Crippen molar-refractivity contribution in [1.82, 2.24) is 9.55 Å². The van der Waals surface area contributed by atoms with E-state index in [4.69, 9.17) is 23.8 Å². The van der Waals surface area contributed by atoms with Gasteiger partial charge in [-0.05, 0) is 42.0 Å². The fourth-order valence-electron chi connectivity index (χ4n) is 2.44. The van der Waals surface area contributed by atoms with Gasteiger partial charge in [0, 0.05) is 5.02 Å². The van der Waals surface area contributed by atoms with Crippen molar-refractivity contribution >= 4 is 40.7 Å². The highest BCUT2D eigenvalue weighted by atomic mass is 35.5. The number of nitrogens with one attached hydrogen (secondary N) is 1. The Hall–Kier alpha value is -2.44. The summed E-state index contributed by atoms with van der Waals surface area (Å²) in [6.07, 6.45) is 0. The van der Waals surface area contributed by atoms with Crippen LogP contribution in [-0.2, 0) is 11.3 Å². The van der Waals surface area contributed by atoms with E-state index in [2.05, 4.69) is 9.72 Å². The monoisotopic (exact) mass is 360 g/mol. The van der Waals surface area contributed by atoms with Crippen molar-refractivity contribution < 1.29 is 9.53 Å². The number of fused-ring (bicyclic) bond motifs is 1. The maximum atomic E-state index is 12.7. The van der Waals surface area contributed by atoms with Gasteiger partial charge in [-0.3, -0.25) is 9.36 Å². The van der Waals surface area contributed by atoms with Crippen LogP contribution in [0.1, 0.15) is 15.9 Å². The molecular formula is C17H13ClN2O3S. The zero-order chi connectivity index (χ0) is 17.3. The number of aromatic nitrogens is 2. The van der Waals surface area contributed by atoms with Crippen LogP contribution in [0.4, 0.5) is 0 Å². The summed E-state index contributed by atoms with van der Waals surface area (Å²) in [7, 11) is 1.30. The van der Waals surface area contributed by atoms with Gasteiger partial charge in [-0.25, -0.2) is 4.79 Å². The quantitative estimate of drug-likeness (QED) is 0.573. The van der Waals surface area contributed by atoms with Gasteiger partial charge in [-0.15, -0.1) is 0 Å². The molecule has 0 aliphatic carbocycles. The van der Waals surface area contributed by atoms with Gasteiger partial charge in [0.2, 0.25) is 0 Å². The van der Waals surface area contributed by atoms with Crippen LogP contribution in [0.5, 0.6) is 0 Å². The molecule has 3 rings (SSSR count). The molecule has 5 nitrogen and oxygen atoms in total. The van der Waals surface area contributed by atoms with Gasteiger partial charge in [0.15, 0.2) is 4.77 Å². The fraction of sp³-hybridized carbons (Fsp3) is 0.118. The van der Waals surface area contributed by atoms with Gasteiger partial charge in [-0.1, -0.05) is 29.8 Å². The Labute approximate surface area is 147 Å². The van der Waals surface area contributed by atoms with E-state index in [1.54, 1.807) is 24.3 Å². The van der Waals surface area contributed by atoms with Crippen LogP contribution in [0.15, 0.2) is 47.3 Å². The third kappa shape index (κ3) is 2.98. The van der Waals surface area contributed by atoms with Gasteiger partial charge in [0.05, 0.1) is 30.1 Å². The fourth-order valence-corrected chi connectivity index (χ4v) is 2.89. The van der Waals surface area contributed by atoms with E-state index < -0.39 is 5.97 Å². The second-order valence-electron chi connectivity index (χ2n) is 5.16. The maximum Gasteiger partial charge on any atom is 0.337 e. The summed E-state index contributed by atoms with van der Waals surface area (Å²) in [5, 5.41) is 1.00. The zero-order valence-electron chi connectivity index (χ0n) is 12.7. The summed E-state index contributed by atoms with van der Waals surface area (Å²) >= 11 is 11.5. The van der Waals surface area contributed by atoms with Crippen molar-refractivity contribution in [3.63, 3.8) is 0 Å². The van der Waals surface area contributed by atoms with Crippen molar-refractivity contribution in [1.29, 1.82) is 0 Å². The minimum absolute atomic E-state index is 0.245. The Balaban J connectivity index is 2.14. The van der Waals surface area contributed by atoms with Gasteiger partial charge in [0.1, 0.15) is 0 Å². The zero-order valence-corrected chi connectivity index (χ0v) is 14.3. The minimum atomic E-state index is -0.475. The lowest BCUT2D eigenvalue weighted by Gasteiger charge is -2.10. The number of ether oxygens (including phenoxy) is 1. The summed E-state index contributed by atoms with van der Waals surface area (Å²) in [6.45, 7) is 0.266. The molecule has 24 heavy (non-hydrogen) atoms. The number of carbonyl (C=O) groups is 1. The molecule has 0 unspecified atom stereocenters. The number of nitrogens with zero attached hydrogens (tertiary/aromatic N) is 1. The minimum Gasteiger partial charge on any atom is -0.465 e. The Bertz CT molecular complexity index is 1060. The van der Waals surface area contributed by atoms with Crippen molar-refractivity contribution in [2.75, 3.05) is 7.11 Å². The first kappa shape index (κ1) is 16.4. The molecule has 0 radical (unpaired) electrons. The van der Waals surface area contributed by atoms with Gasteiger partial charge < -0.3 is 9.72 Å². The number of benzene rings is 2. The molecular weight excluding hydrogens is 348 g/mol. The van der Waals surface area contributed by atoms with Crippen LogP contribution in [0.25, 0.3) is 10.9 Å². The summed E-state index contributed by atoms with van der Waals surface area (Å²) in [5.74, 6) is -0.475. The standard InChI is InChI=1S/C17H13ClN2O3S/c1-23-16(22)10-6-7-12-14(8-10)19-17(24)20(15(12)21)9-11-4-2-3-5-13(11)18/h2-8H,9H2,1H3,(H,19,24). The molecule has 0 amide bonds. The molecule has 3 aromatic rings. The highest BCUT2D eigenvalue weighted by Gasteiger charge is 2.11. The van der Waals surface area contributed by atoms with Crippen LogP contribution < -0.4 is 5.56 Å². The molecule has 1 N–H and O–H groups in total. The van der Waals surface area contributed by atoms with E-state index in [1.807, 2.05) is 18.2 Å². The summed E-state index contributed by atoms with van der Waals surface area (Å²) in [4.78, 5) is 27.3. The molecule has 122 valence electrons. The molecule has 2 aromatic carbocycles. The Morgan fingerprint density at radius 3 is 2.75 bits per heavy atom. The smallest absolute Gasteiger partial charge is 0.337 e. The number of H-pyrrole nitrogens is 1. The average molecular weight is 361 g/mol. The van der Waals surface area contributed by atoms with E-state index in [0.29, 0.717) is 21.5 Å². The Morgan fingerprint density at radius 1 is 1.29 bits per heavy atom. The number of esters is 1. The second kappa shape index (κ2) is 6.59. The van der Waals surface area contributed by atoms with Crippen LogP contribution in [0.3, 0.4) is 0 Å². The lowest BCUT2D eigenvalue weighted by molar-refractivity contribution is 0.0601. The first-order chi connectivity index (χ1) is 11.5. The largest absolute Gasteiger partial charge is 0.465 e. The van der Waals surface area contributed by atoms with Crippen molar-refractivity contribution in [2.24, 2.45) is 0 Å². The van der Waals surface area contributed by atoms with Crippen molar-refractivity contribution in [3.8, 4) is 0 Å². The number of rotatable bonds is 3. The SMILES string of the molecule is COC(=O)c1ccc2c(=O)n(Cc3ccccc3Cl)c(=S)[nH]c2c1. The number of hydrogen-bond donors (Lipinski definition) is 1. The molecule has 0 atom stereocenters. The predicted octanol–water partition coefficient (Wildman–Crippen LogP) is 3.55. The normalized spacial score (nSPS) is 10.8. The summed E-state index contributed by atoms with van der Waals surface area (Å²) in [5.41, 5.74) is 1.39. The third-order valence-electron chi connectivity index (χ3n) is 3.69. The van der Waals surface area contributed by atoms with Crippen LogP contribution in [-0.4, -0.2) is 22.6 Å². The molecule has 1 aromatic heterocycles. The number of hydrogen-bond acceptors (Lipinski definition) is 4. The predicted molar refractivity (Wildman–Crippen MR) is 95.3 cm³/mol. The Kier molecular flexibility index (Phi) is 4.51. The molecule has 0 aliphatic rings. The molecule has 1 heterocycles. The highest BCUT2D eigenvalue weighted by Crippen LogP contribution is 2.17. The number of aromatic amines is 1. The lowest BCUT2D eigenvalue weighted by Crippen LogP contribution is -2.23. The average Bonchev–Trinajstić information content (AvgIpc) is 2.58. The number of carbonyl (C=O) groups excluding carboxylic acids is 1. The topological polar surface area (TPSA) is 64.1 Å². The van der Waals surface area contributed by atoms with Crippen LogP contribution in [0.2, 0.25) is 5.02 Å². The summed E-state index contributed by atoms with van der Waals surface area (Å²) in [6, 6.07) is 12.0. The van der Waals surface area contributed by atoms with Crippen molar-refractivity contribution in [3.05, 3.63) is 73.7 Å². The Morgan fingerprint density at radius 2 is 2.04 bits per heavy atom. The molecule has 0 aliphatic heterocycles. The van der Waals surface area contributed by atoms with Crippen molar-refractivity contribution in [2.45, 2.75) is 6.54 Å². The van der Waals surface area contributed by atoms with E-state index >= 15 is 0 Å². The molecule has 7 heteroatoms. The van der Waals surface area contributed by atoms with Gasteiger partial charge >= 0.3 is 5.97 Å². The molecule has 0 fully saturated rings. The first-order valence-corrected chi connectivity index (χ1v) is 7.88. The van der Waals surface area contributed by atoms with Crippen LogP contribution >= 0.6 is 23.8 Å². The van der Waals surface area contributed by atoms with E-state index in [1.165, 1.54) is 11.7 Å². The number of halogens is 1. The first-order valence-electron chi connectivity index (χ1n) is 7.10. The molecule has 0 saturated carbocycles. The maximum absolute atomic E-state index is 12.7. The van der Waals surface area contributed by atoms with E-state index in [-0.39, 0.29) is 16.9 Å². The van der Waals surface area contributed by atoms with E-state index in [9.17, 15) is 9.59 Å².